The van der Waals surface area contributed by atoms with Crippen molar-refractivity contribution in [1.29, 1.82) is 0 Å². The van der Waals surface area contributed by atoms with Gasteiger partial charge in [-0.25, -0.2) is 4.39 Å². The molecule has 3 N–H and O–H groups in total. The van der Waals surface area contributed by atoms with Gasteiger partial charge in [-0.3, -0.25) is 10.1 Å². The van der Waals surface area contributed by atoms with Gasteiger partial charge in [0.15, 0.2) is 6.30 Å². The van der Waals surface area contributed by atoms with E-state index in [1.54, 1.807) is 7.05 Å². The molecular formula is C8H16FN3O. The number of amides is 1. The van der Waals surface area contributed by atoms with Crippen molar-refractivity contribution in [1.82, 2.24) is 10.2 Å². The van der Waals surface area contributed by atoms with Crippen molar-refractivity contribution in [2.24, 2.45) is 5.73 Å². The van der Waals surface area contributed by atoms with Crippen LogP contribution in [0.5, 0.6) is 0 Å². The molecule has 1 aliphatic heterocycles. The molecule has 1 heterocycles. The number of nitrogens with one attached hydrogen (secondary N) is 1. The minimum absolute atomic E-state index is 0.460. The van der Waals surface area contributed by atoms with Gasteiger partial charge < -0.3 is 10.6 Å². The quantitative estimate of drug-likeness (QED) is 0.475. The first kappa shape index (κ1) is 10.4. The number of halogens is 1. The highest BCUT2D eigenvalue weighted by Gasteiger charge is 2.34. The van der Waals surface area contributed by atoms with Crippen molar-refractivity contribution in [2.75, 3.05) is 13.6 Å². The Morgan fingerprint density at radius 1 is 1.85 bits per heavy atom. The Bertz CT molecular complexity index is 190. The molecule has 0 spiro atoms. The first-order valence-corrected chi connectivity index (χ1v) is 4.42. The highest BCUT2D eigenvalue weighted by molar-refractivity contribution is 5.46. The summed E-state index contributed by atoms with van der Waals surface area (Å²) in [6.45, 7) is 0.555. The number of nitrogens with two attached hydrogens (primary N) is 1. The average Bonchev–Trinajstić information content (AvgIpc) is 2.43. The standard InChI is InChI=1S/C8H16FN3O/c1-12(6-13)5-4-8(10)3-2-7(9)11-8/h6-7,11H,2-5,10H2,1H3/t7-,8-/m1/s1. The van der Waals surface area contributed by atoms with Gasteiger partial charge in [-0.15, -0.1) is 0 Å². The van der Waals surface area contributed by atoms with E-state index in [4.69, 9.17) is 5.73 Å². The molecule has 4 nitrogen and oxygen atoms in total. The Labute approximate surface area is 77.3 Å². The molecule has 0 bridgehead atoms. The van der Waals surface area contributed by atoms with E-state index in [1.165, 1.54) is 4.90 Å². The molecule has 0 radical (unpaired) electrons. The van der Waals surface area contributed by atoms with E-state index in [2.05, 4.69) is 5.32 Å². The molecule has 1 rings (SSSR count). The molecule has 1 fully saturated rings. The van der Waals surface area contributed by atoms with Crippen LogP contribution in [-0.4, -0.2) is 36.9 Å². The second kappa shape index (κ2) is 4.02. The summed E-state index contributed by atoms with van der Waals surface area (Å²) in [5.41, 5.74) is 5.23. The Balaban J connectivity index is 2.31. The molecule has 0 aliphatic carbocycles. The molecule has 0 saturated carbocycles. The summed E-state index contributed by atoms with van der Waals surface area (Å²) in [4.78, 5) is 11.8. The normalized spacial score (nSPS) is 33.3. The third kappa shape index (κ3) is 2.93. The van der Waals surface area contributed by atoms with Crippen LogP contribution in [0.2, 0.25) is 0 Å². The highest BCUT2D eigenvalue weighted by Crippen LogP contribution is 2.22. The van der Waals surface area contributed by atoms with E-state index in [0.29, 0.717) is 25.8 Å². The van der Waals surface area contributed by atoms with E-state index in [-0.39, 0.29) is 0 Å². The van der Waals surface area contributed by atoms with Crippen LogP contribution >= 0.6 is 0 Å². The van der Waals surface area contributed by atoms with Crippen LogP contribution in [0.1, 0.15) is 19.3 Å². The summed E-state index contributed by atoms with van der Waals surface area (Å²) in [6.07, 6.45) is 1.42. The largest absolute Gasteiger partial charge is 0.348 e. The molecule has 2 atom stereocenters. The number of hydrogen-bond acceptors (Lipinski definition) is 3. The van der Waals surface area contributed by atoms with Gasteiger partial charge in [-0.1, -0.05) is 0 Å². The molecule has 1 aliphatic rings. The zero-order chi connectivity index (χ0) is 9.90. The highest BCUT2D eigenvalue weighted by atomic mass is 19.1. The van der Waals surface area contributed by atoms with Crippen molar-refractivity contribution in [3.8, 4) is 0 Å². The van der Waals surface area contributed by atoms with E-state index >= 15 is 0 Å². The monoisotopic (exact) mass is 189 g/mol. The molecule has 0 aromatic rings. The number of nitrogens with zero attached hydrogens (tertiary/aromatic N) is 1. The van der Waals surface area contributed by atoms with Crippen molar-refractivity contribution >= 4 is 6.41 Å². The van der Waals surface area contributed by atoms with E-state index in [1.807, 2.05) is 0 Å². The first-order valence-electron chi connectivity index (χ1n) is 4.42. The maximum Gasteiger partial charge on any atom is 0.209 e. The molecule has 13 heavy (non-hydrogen) atoms. The summed E-state index contributed by atoms with van der Waals surface area (Å²) in [7, 11) is 1.68. The van der Waals surface area contributed by atoms with Gasteiger partial charge in [-0.2, -0.15) is 0 Å². The zero-order valence-electron chi connectivity index (χ0n) is 7.79. The maximum absolute atomic E-state index is 12.8. The number of hydrogen-bond donors (Lipinski definition) is 2. The van der Waals surface area contributed by atoms with Crippen LogP contribution in [0.3, 0.4) is 0 Å². The lowest BCUT2D eigenvalue weighted by Crippen LogP contribution is -2.52. The van der Waals surface area contributed by atoms with Gasteiger partial charge in [0.2, 0.25) is 6.41 Å². The Morgan fingerprint density at radius 2 is 2.54 bits per heavy atom. The lowest BCUT2D eigenvalue weighted by atomic mass is 10.1. The second-order valence-corrected chi connectivity index (χ2v) is 3.64. The Morgan fingerprint density at radius 3 is 3.00 bits per heavy atom. The molecule has 1 saturated heterocycles. The van der Waals surface area contributed by atoms with Crippen LogP contribution in [0.25, 0.3) is 0 Å². The van der Waals surface area contributed by atoms with Crippen LogP contribution < -0.4 is 11.1 Å². The van der Waals surface area contributed by atoms with Crippen LogP contribution in [0.4, 0.5) is 4.39 Å². The van der Waals surface area contributed by atoms with Gasteiger partial charge in [-0.05, 0) is 19.3 Å². The number of carbonyl (C=O) groups excluding carboxylic acids is 1. The molecule has 76 valence electrons. The summed E-state index contributed by atoms with van der Waals surface area (Å²) in [5.74, 6) is 0. The third-order valence-electron chi connectivity index (χ3n) is 2.38. The molecule has 0 aromatic heterocycles. The first-order chi connectivity index (χ1) is 6.06. The number of alkyl halides is 1. The lowest BCUT2D eigenvalue weighted by Gasteiger charge is -2.26. The minimum Gasteiger partial charge on any atom is -0.348 e. The fraction of sp³-hybridized carbons (Fsp3) is 0.875. The van der Waals surface area contributed by atoms with Gasteiger partial charge >= 0.3 is 0 Å². The van der Waals surface area contributed by atoms with Gasteiger partial charge in [0.1, 0.15) is 0 Å². The third-order valence-corrected chi connectivity index (χ3v) is 2.38. The van der Waals surface area contributed by atoms with Gasteiger partial charge in [0.25, 0.3) is 0 Å². The minimum atomic E-state index is -0.994. The second-order valence-electron chi connectivity index (χ2n) is 3.64. The molecule has 1 amide bonds. The lowest BCUT2D eigenvalue weighted by molar-refractivity contribution is -0.117. The Kier molecular flexibility index (Phi) is 3.22. The van der Waals surface area contributed by atoms with Crippen molar-refractivity contribution in [2.45, 2.75) is 31.2 Å². The van der Waals surface area contributed by atoms with E-state index < -0.39 is 12.0 Å². The van der Waals surface area contributed by atoms with Crippen molar-refractivity contribution in [3.63, 3.8) is 0 Å². The summed E-state index contributed by atoms with van der Waals surface area (Å²) in [5, 5.41) is 2.68. The average molecular weight is 189 g/mol. The molecule has 5 heteroatoms. The van der Waals surface area contributed by atoms with E-state index in [0.717, 1.165) is 6.41 Å². The maximum atomic E-state index is 12.8. The summed E-state index contributed by atoms with van der Waals surface area (Å²) in [6, 6.07) is 0. The van der Waals surface area contributed by atoms with Crippen molar-refractivity contribution < 1.29 is 9.18 Å². The smallest absolute Gasteiger partial charge is 0.209 e. The summed E-state index contributed by atoms with van der Waals surface area (Å²) < 4.78 is 12.8. The fourth-order valence-electron chi connectivity index (χ4n) is 1.47. The molecular weight excluding hydrogens is 173 g/mol. The van der Waals surface area contributed by atoms with Crippen LogP contribution in [-0.2, 0) is 4.79 Å². The molecule has 0 aromatic carbocycles. The van der Waals surface area contributed by atoms with Crippen LogP contribution in [0.15, 0.2) is 0 Å². The van der Waals surface area contributed by atoms with Crippen LogP contribution in [0, 0.1) is 0 Å². The van der Waals surface area contributed by atoms with Gasteiger partial charge in [0, 0.05) is 13.6 Å². The predicted octanol–water partition coefficient (Wildman–Crippen LogP) is -0.201. The molecule has 0 unspecified atom stereocenters. The SMILES string of the molecule is CN(C=O)CC[C@@]1(N)CC[C@H](F)N1. The van der Waals surface area contributed by atoms with Gasteiger partial charge in [0.05, 0.1) is 5.66 Å². The van der Waals surface area contributed by atoms with E-state index in [9.17, 15) is 9.18 Å². The van der Waals surface area contributed by atoms with Crippen molar-refractivity contribution in [3.05, 3.63) is 0 Å². The topological polar surface area (TPSA) is 58.4 Å². The predicted molar refractivity (Wildman–Crippen MR) is 47.5 cm³/mol. The summed E-state index contributed by atoms with van der Waals surface area (Å²) >= 11 is 0. The fourth-order valence-corrected chi connectivity index (χ4v) is 1.47. The zero-order valence-corrected chi connectivity index (χ0v) is 7.79. The number of carbonyl (C=O) groups is 1. The number of rotatable bonds is 4. The Hall–Kier alpha value is -0.680.